The van der Waals surface area contributed by atoms with Gasteiger partial charge in [-0.15, -0.1) is 0 Å². The van der Waals surface area contributed by atoms with Gasteiger partial charge < -0.3 is 5.32 Å². The van der Waals surface area contributed by atoms with Crippen LogP contribution in [0.4, 0.5) is 0 Å². The number of aromatic nitrogens is 3. The van der Waals surface area contributed by atoms with Gasteiger partial charge in [-0.05, 0) is 25.2 Å². The van der Waals surface area contributed by atoms with Crippen LogP contribution in [0.3, 0.4) is 0 Å². The molecule has 0 saturated heterocycles. The van der Waals surface area contributed by atoms with Crippen LogP contribution in [0.1, 0.15) is 32.0 Å². The molecule has 2 unspecified atom stereocenters. The maximum atomic E-state index is 11.6. The van der Waals surface area contributed by atoms with Gasteiger partial charge in [0.25, 0.3) is 0 Å². The highest BCUT2D eigenvalue weighted by Crippen LogP contribution is 2.24. The second-order valence-electron chi connectivity index (χ2n) is 4.29. The lowest BCUT2D eigenvalue weighted by molar-refractivity contribution is -0.121. The van der Waals surface area contributed by atoms with Gasteiger partial charge in [0.1, 0.15) is 12.2 Å². The summed E-state index contributed by atoms with van der Waals surface area (Å²) in [5, 5.41) is 9.40. The molecule has 0 bridgehead atoms. The minimum absolute atomic E-state index is 0.0332. The zero-order chi connectivity index (χ0) is 10.7. The third kappa shape index (κ3) is 2.78. The molecule has 1 saturated carbocycles. The maximum absolute atomic E-state index is 11.6. The Labute approximate surface area is 88.7 Å². The van der Waals surface area contributed by atoms with E-state index >= 15 is 0 Å². The van der Waals surface area contributed by atoms with Crippen molar-refractivity contribution in [3.05, 3.63) is 12.2 Å². The third-order valence-corrected chi connectivity index (χ3v) is 2.85. The van der Waals surface area contributed by atoms with Crippen LogP contribution in [0.15, 0.2) is 6.33 Å². The van der Waals surface area contributed by atoms with Gasteiger partial charge in [0.15, 0.2) is 0 Å². The molecular formula is C10H16N4O. The second-order valence-corrected chi connectivity index (χ2v) is 4.29. The SMILES string of the molecule is CC1CCC(NC(=O)Cc2ncn[nH]2)C1. The van der Waals surface area contributed by atoms with E-state index < -0.39 is 0 Å². The van der Waals surface area contributed by atoms with Crippen molar-refractivity contribution in [2.24, 2.45) is 5.92 Å². The molecule has 0 aliphatic heterocycles. The molecule has 1 aromatic rings. The predicted molar refractivity (Wildman–Crippen MR) is 55.0 cm³/mol. The lowest BCUT2D eigenvalue weighted by Gasteiger charge is -2.11. The summed E-state index contributed by atoms with van der Waals surface area (Å²) in [5.41, 5.74) is 0. The van der Waals surface area contributed by atoms with Gasteiger partial charge in [-0.25, -0.2) is 4.98 Å². The second kappa shape index (κ2) is 4.42. The fraction of sp³-hybridized carbons (Fsp3) is 0.700. The van der Waals surface area contributed by atoms with E-state index in [0.29, 0.717) is 18.3 Å². The Kier molecular flexibility index (Phi) is 2.99. The van der Waals surface area contributed by atoms with Crippen LogP contribution in [0.2, 0.25) is 0 Å². The third-order valence-electron chi connectivity index (χ3n) is 2.85. The number of hydrogen-bond donors (Lipinski definition) is 2. The van der Waals surface area contributed by atoms with E-state index in [9.17, 15) is 4.79 Å². The van der Waals surface area contributed by atoms with E-state index in [4.69, 9.17) is 0 Å². The molecule has 1 aliphatic rings. The van der Waals surface area contributed by atoms with E-state index in [1.807, 2.05) is 0 Å². The van der Waals surface area contributed by atoms with Crippen molar-refractivity contribution in [1.82, 2.24) is 20.5 Å². The maximum Gasteiger partial charge on any atom is 0.227 e. The molecule has 1 heterocycles. The topological polar surface area (TPSA) is 70.7 Å². The molecule has 5 heteroatoms. The van der Waals surface area contributed by atoms with Crippen LogP contribution in [0, 0.1) is 5.92 Å². The van der Waals surface area contributed by atoms with Gasteiger partial charge >= 0.3 is 0 Å². The van der Waals surface area contributed by atoms with Gasteiger partial charge in [0, 0.05) is 6.04 Å². The molecule has 2 atom stereocenters. The summed E-state index contributed by atoms with van der Waals surface area (Å²) in [4.78, 5) is 15.5. The molecule has 15 heavy (non-hydrogen) atoms. The van der Waals surface area contributed by atoms with Crippen LogP contribution < -0.4 is 5.32 Å². The first-order valence-corrected chi connectivity index (χ1v) is 5.37. The first-order chi connectivity index (χ1) is 7.24. The van der Waals surface area contributed by atoms with Crippen molar-refractivity contribution in [3.63, 3.8) is 0 Å². The van der Waals surface area contributed by atoms with Crippen molar-refractivity contribution in [3.8, 4) is 0 Å². The summed E-state index contributed by atoms with van der Waals surface area (Å²) >= 11 is 0. The van der Waals surface area contributed by atoms with E-state index in [-0.39, 0.29) is 5.91 Å². The average molecular weight is 208 g/mol. The fourth-order valence-corrected chi connectivity index (χ4v) is 2.08. The minimum Gasteiger partial charge on any atom is -0.353 e. The Morgan fingerprint density at radius 2 is 2.53 bits per heavy atom. The number of aromatic amines is 1. The van der Waals surface area contributed by atoms with Crippen molar-refractivity contribution in [2.75, 3.05) is 0 Å². The number of nitrogens with one attached hydrogen (secondary N) is 2. The van der Waals surface area contributed by atoms with Crippen LogP contribution in [-0.4, -0.2) is 27.1 Å². The summed E-state index contributed by atoms with van der Waals surface area (Å²) < 4.78 is 0. The van der Waals surface area contributed by atoms with Crippen molar-refractivity contribution in [1.29, 1.82) is 0 Å². The number of rotatable bonds is 3. The van der Waals surface area contributed by atoms with Crippen LogP contribution in [0.25, 0.3) is 0 Å². The summed E-state index contributed by atoms with van der Waals surface area (Å²) in [6, 6.07) is 0.357. The highest BCUT2D eigenvalue weighted by molar-refractivity contribution is 5.78. The molecular weight excluding hydrogens is 192 g/mol. The Bertz CT molecular complexity index is 322. The quantitative estimate of drug-likeness (QED) is 0.766. The number of amides is 1. The smallest absolute Gasteiger partial charge is 0.227 e. The molecule has 1 amide bonds. The molecule has 0 aromatic carbocycles. The lowest BCUT2D eigenvalue weighted by atomic mass is 10.1. The molecule has 1 aliphatic carbocycles. The monoisotopic (exact) mass is 208 g/mol. The molecule has 0 spiro atoms. The summed E-state index contributed by atoms with van der Waals surface area (Å²) in [5.74, 6) is 1.39. The van der Waals surface area contributed by atoms with Gasteiger partial charge in [-0.1, -0.05) is 6.92 Å². The Hall–Kier alpha value is -1.39. The van der Waals surface area contributed by atoms with E-state index in [0.717, 1.165) is 18.8 Å². The number of carbonyl (C=O) groups is 1. The molecule has 0 radical (unpaired) electrons. The molecule has 2 rings (SSSR count). The van der Waals surface area contributed by atoms with Gasteiger partial charge in [-0.3, -0.25) is 9.89 Å². The number of hydrogen-bond acceptors (Lipinski definition) is 3. The van der Waals surface area contributed by atoms with E-state index in [2.05, 4.69) is 27.4 Å². The highest BCUT2D eigenvalue weighted by Gasteiger charge is 2.22. The number of nitrogens with zero attached hydrogens (tertiary/aromatic N) is 2. The van der Waals surface area contributed by atoms with E-state index in [1.54, 1.807) is 0 Å². The fourth-order valence-electron chi connectivity index (χ4n) is 2.08. The van der Waals surface area contributed by atoms with Crippen LogP contribution >= 0.6 is 0 Å². The Balaban J connectivity index is 1.78. The van der Waals surface area contributed by atoms with Crippen LogP contribution in [0.5, 0.6) is 0 Å². The van der Waals surface area contributed by atoms with E-state index in [1.165, 1.54) is 12.7 Å². The summed E-state index contributed by atoms with van der Waals surface area (Å²) in [7, 11) is 0. The molecule has 1 aromatic heterocycles. The van der Waals surface area contributed by atoms with Crippen molar-refractivity contribution >= 4 is 5.91 Å². The van der Waals surface area contributed by atoms with Crippen LogP contribution in [-0.2, 0) is 11.2 Å². The zero-order valence-corrected chi connectivity index (χ0v) is 8.86. The van der Waals surface area contributed by atoms with Gasteiger partial charge in [0.05, 0.1) is 6.42 Å². The van der Waals surface area contributed by atoms with Crippen molar-refractivity contribution in [2.45, 2.75) is 38.6 Å². The first kappa shape index (κ1) is 10.1. The average Bonchev–Trinajstić information content (AvgIpc) is 2.77. The molecule has 82 valence electrons. The standard InChI is InChI=1S/C10H16N4O/c1-7-2-3-8(4-7)13-10(15)5-9-11-6-12-14-9/h6-8H,2-5H2,1H3,(H,13,15)(H,11,12,14). The molecule has 2 N–H and O–H groups in total. The van der Waals surface area contributed by atoms with Crippen molar-refractivity contribution < 1.29 is 4.79 Å². The highest BCUT2D eigenvalue weighted by atomic mass is 16.1. The summed E-state index contributed by atoms with van der Waals surface area (Å²) in [6.45, 7) is 2.22. The zero-order valence-electron chi connectivity index (χ0n) is 8.86. The normalized spacial score (nSPS) is 25.4. The van der Waals surface area contributed by atoms with Gasteiger partial charge in [0.2, 0.25) is 5.91 Å². The minimum atomic E-state index is 0.0332. The van der Waals surface area contributed by atoms with Gasteiger partial charge in [-0.2, -0.15) is 5.10 Å². The molecule has 5 nitrogen and oxygen atoms in total. The Morgan fingerprint density at radius 1 is 1.67 bits per heavy atom. The molecule has 1 fully saturated rings. The first-order valence-electron chi connectivity index (χ1n) is 5.37. The largest absolute Gasteiger partial charge is 0.353 e. The summed E-state index contributed by atoms with van der Waals surface area (Å²) in [6.07, 6.45) is 5.13. The lowest BCUT2D eigenvalue weighted by Crippen LogP contribution is -2.34. The number of H-pyrrole nitrogens is 1. The predicted octanol–water partition coefficient (Wildman–Crippen LogP) is 0.652. The Morgan fingerprint density at radius 3 is 3.13 bits per heavy atom. The number of carbonyl (C=O) groups excluding carboxylic acids is 1.